The first-order valence-electron chi connectivity index (χ1n) is 3.86. The average Bonchev–Trinajstić information content (AvgIpc) is 1.86. The van der Waals surface area contributed by atoms with Crippen molar-refractivity contribution in [3.63, 3.8) is 0 Å². The van der Waals surface area contributed by atoms with E-state index in [1.54, 1.807) is 20.8 Å². The zero-order valence-electron chi connectivity index (χ0n) is 7.50. The maximum atomic E-state index is 10.8. The minimum atomic E-state index is -1.63. The van der Waals surface area contributed by atoms with Gasteiger partial charge in [-0.15, -0.1) is 0 Å². The molecule has 0 saturated heterocycles. The van der Waals surface area contributed by atoms with E-state index in [9.17, 15) is 9.59 Å². The Kier molecular flexibility index (Phi) is 11.1. The Morgan fingerprint density at radius 1 is 1.21 bits per heavy atom. The van der Waals surface area contributed by atoms with Crippen LogP contribution in [0.1, 0.15) is 27.2 Å². The predicted molar refractivity (Wildman–Crippen MR) is 57.1 cm³/mol. The molecule has 0 fully saturated rings. The summed E-state index contributed by atoms with van der Waals surface area (Å²) in [4.78, 5) is 21.5. The zero-order valence-corrected chi connectivity index (χ0v) is 7.50. The Balaban J connectivity index is -0.000000605. The van der Waals surface area contributed by atoms with Gasteiger partial charge in [-0.1, -0.05) is 20.8 Å². The standard InChI is InChI=1S/C8H14O4.Li.Na.2H/c1-4-8(5(2)3,6(9)10)7(11)12;;;;/h5H,4H2,1-3H3,(H,9,10)(H,11,12);;;;. The van der Waals surface area contributed by atoms with Gasteiger partial charge in [0.25, 0.3) is 0 Å². The van der Waals surface area contributed by atoms with E-state index in [1.165, 1.54) is 0 Å². The van der Waals surface area contributed by atoms with Crippen LogP contribution >= 0.6 is 0 Å². The molecule has 0 unspecified atom stereocenters. The van der Waals surface area contributed by atoms with Crippen molar-refractivity contribution in [1.29, 1.82) is 0 Å². The second-order valence-electron chi connectivity index (χ2n) is 3.09. The molecule has 0 heterocycles. The first kappa shape index (κ1) is 20.0. The normalized spacial score (nSPS) is 10.0. The van der Waals surface area contributed by atoms with Gasteiger partial charge in [0.05, 0.1) is 0 Å². The van der Waals surface area contributed by atoms with Gasteiger partial charge in [-0.3, -0.25) is 9.59 Å². The first-order valence-corrected chi connectivity index (χ1v) is 3.86. The van der Waals surface area contributed by atoms with Gasteiger partial charge < -0.3 is 10.2 Å². The number of rotatable bonds is 4. The minimum absolute atomic E-state index is 0. The zero-order chi connectivity index (χ0) is 9.94. The fraction of sp³-hybridized carbons (Fsp3) is 0.750. The summed E-state index contributed by atoms with van der Waals surface area (Å²) in [5.74, 6) is -2.92. The Morgan fingerprint density at radius 3 is 1.50 bits per heavy atom. The topological polar surface area (TPSA) is 74.6 Å². The third kappa shape index (κ3) is 3.60. The molecule has 0 aliphatic heterocycles. The van der Waals surface area contributed by atoms with Crippen LogP contribution in [-0.4, -0.2) is 70.6 Å². The Hall–Kier alpha value is 0.537. The van der Waals surface area contributed by atoms with Crippen molar-refractivity contribution in [2.24, 2.45) is 11.3 Å². The number of carbonyl (C=O) groups is 2. The summed E-state index contributed by atoms with van der Waals surface area (Å²) in [7, 11) is 0. The van der Waals surface area contributed by atoms with Gasteiger partial charge >= 0.3 is 60.4 Å². The van der Waals surface area contributed by atoms with Gasteiger partial charge in [0, 0.05) is 0 Å². The SMILES string of the molecule is CCC(C(=O)O)(C(=O)O)C(C)C.[LiH].[NaH]. The molecule has 14 heavy (non-hydrogen) atoms. The van der Waals surface area contributed by atoms with Gasteiger partial charge in [-0.2, -0.15) is 0 Å². The molecular formula is C8H16LiNaO4. The van der Waals surface area contributed by atoms with Gasteiger partial charge in [-0.05, 0) is 12.3 Å². The number of carboxylic acids is 2. The molecule has 0 rings (SSSR count). The molecule has 0 spiro atoms. The summed E-state index contributed by atoms with van der Waals surface area (Å²) in [5.41, 5.74) is -1.63. The molecule has 0 aromatic heterocycles. The van der Waals surface area contributed by atoms with Gasteiger partial charge in [0.15, 0.2) is 5.41 Å². The summed E-state index contributed by atoms with van der Waals surface area (Å²) in [6.45, 7) is 4.78. The van der Waals surface area contributed by atoms with Crippen LogP contribution in [0, 0.1) is 11.3 Å². The van der Waals surface area contributed by atoms with E-state index < -0.39 is 23.3 Å². The fourth-order valence-electron chi connectivity index (χ4n) is 1.30. The van der Waals surface area contributed by atoms with Crippen molar-refractivity contribution in [3.05, 3.63) is 0 Å². The molecule has 0 saturated carbocycles. The first-order chi connectivity index (χ1) is 5.39. The summed E-state index contributed by atoms with van der Waals surface area (Å²) in [5, 5.41) is 17.6. The molecule has 0 aromatic rings. The van der Waals surface area contributed by atoms with Gasteiger partial charge in [0.1, 0.15) is 0 Å². The summed E-state index contributed by atoms with van der Waals surface area (Å²) in [6.07, 6.45) is 0.106. The van der Waals surface area contributed by atoms with E-state index >= 15 is 0 Å². The van der Waals surface area contributed by atoms with E-state index in [0.717, 1.165) is 0 Å². The molecule has 0 atom stereocenters. The molecule has 0 bridgehead atoms. The molecular weight excluding hydrogens is 190 g/mol. The van der Waals surface area contributed by atoms with E-state index in [2.05, 4.69) is 0 Å². The third-order valence-electron chi connectivity index (χ3n) is 2.31. The van der Waals surface area contributed by atoms with Crippen LogP contribution in [0.2, 0.25) is 0 Å². The van der Waals surface area contributed by atoms with Crippen LogP contribution in [-0.2, 0) is 9.59 Å². The van der Waals surface area contributed by atoms with Gasteiger partial charge in [0.2, 0.25) is 0 Å². The Labute approximate surface area is 118 Å². The van der Waals surface area contributed by atoms with E-state index in [-0.39, 0.29) is 54.8 Å². The Morgan fingerprint density at radius 2 is 1.50 bits per heavy atom. The predicted octanol–water partition coefficient (Wildman–Crippen LogP) is -0.0890. The summed E-state index contributed by atoms with van der Waals surface area (Å²) in [6, 6.07) is 0. The van der Waals surface area contributed by atoms with Crippen molar-refractivity contribution in [2.45, 2.75) is 27.2 Å². The number of aliphatic carboxylic acids is 2. The van der Waals surface area contributed by atoms with E-state index in [1.807, 2.05) is 0 Å². The van der Waals surface area contributed by atoms with Crippen LogP contribution in [0.15, 0.2) is 0 Å². The van der Waals surface area contributed by atoms with Crippen LogP contribution in [0.3, 0.4) is 0 Å². The third-order valence-corrected chi connectivity index (χ3v) is 2.31. The number of carboxylic acid groups (broad SMARTS) is 2. The van der Waals surface area contributed by atoms with E-state index in [4.69, 9.17) is 10.2 Å². The van der Waals surface area contributed by atoms with Crippen molar-refractivity contribution in [3.8, 4) is 0 Å². The van der Waals surface area contributed by atoms with Crippen molar-refractivity contribution in [2.75, 3.05) is 0 Å². The van der Waals surface area contributed by atoms with Crippen LogP contribution < -0.4 is 0 Å². The molecule has 4 nitrogen and oxygen atoms in total. The second kappa shape index (κ2) is 7.78. The molecule has 2 N–H and O–H groups in total. The summed E-state index contributed by atoms with van der Waals surface area (Å²) >= 11 is 0. The monoisotopic (exact) mass is 206 g/mol. The van der Waals surface area contributed by atoms with Crippen molar-refractivity contribution >= 4 is 60.4 Å². The van der Waals surface area contributed by atoms with E-state index in [0.29, 0.717) is 0 Å². The molecule has 0 aliphatic rings. The average molecular weight is 206 g/mol. The molecule has 74 valence electrons. The molecule has 6 heteroatoms. The Bertz CT molecular complexity index is 192. The summed E-state index contributed by atoms with van der Waals surface area (Å²) < 4.78 is 0. The fourth-order valence-corrected chi connectivity index (χ4v) is 1.30. The molecule has 0 radical (unpaired) electrons. The quantitative estimate of drug-likeness (QED) is 0.498. The van der Waals surface area contributed by atoms with Crippen LogP contribution in [0.4, 0.5) is 0 Å². The molecule has 0 aromatic carbocycles. The van der Waals surface area contributed by atoms with Gasteiger partial charge in [-0.25, -0.2) is 0 Å². The second-order valence-corrected chi connectivity index (χ2v) is 3.09. The number of hydrogen-bond acceptors (Lipinski definition) is 2. The molecule has 0 aliphatic carbocycles. The molecule has 0 amide bonds. The number of hydrogen-bond donors (Lipinski definition) is 2. The van der Waals surface area contributed by atoms with Crippen LogP contribution in [0.5, 0.6) is 0 Å². The van der Waals surface area contributed by atoms with Crippen molar-refractivity contribution < 1.29 is 19.8 Å². The van der Waals surface area contributed by atoms with Crippen LogP contribution in [0.25, 0.3) is 0 Å². The van der Waals surface area contributed by atoms with Crippen molar-refractivity contribution in [1.82, 2.24) is 0 Å². The maximum absolute atomic E-state index is 10.8.